The highest BCUT2D eigenvalue weighted by Gasteiger charge is 2.37. The maximum absolute atomic E-state index is 12.0. The topological polar surface area (TPSA) is 122 Å². The maximum Gasteiger partial charge on any atom is 0.547 e. The van der Waals surface area contributed by atoms with E-state index in [0.717, 1.165) is 0 Å². The number of carbonyl (C=O) groups excluding carboxylic acids is 1. The van der Waals surface area contributed by atoms with Crippen molar-refractivity contribution in [3.05, 3.63) is 47.7 Å². The van der Waals surface area contributed by atoms with Crippen LogP contribution in [0.25, 0.3) is 0 Å². The molecule has 0 unspecified atom stereocenters. The molecule has 9 heteroatoms. The molecule has 1 aliphatic rings. The van der Waals surface area contributed by atoms with E-state index in [0.29, 0.717) is 17.7 Å². The van der Waals surface area contributed by atoms with Crippen molar-refractivity contribution in [2.45, 2.75) is 25.2 Å². The summed E-state index contributed by atoms with van der Waals surface area (Å²) in [7, 11) is -1.31. The summed E-state index contributed by atoms with van der Waals surface area (Å²) in [6, 6.07) is 4.72. The molecule has 0 saturated carbocycles. The molecule has 8 nitrogen and oxygen atoms in total. The van der Waals surface area contributed by atoms with Crippen LogP contribution in [0.4, 0.5) is 0 Å². The zero-order valence-electron chi connectivity index (χ0n) is 12.6. The fourth-order valence-electron chi connectivity index (χ4n) is 2.60. The average molecular weight is 330 g/mol. The first-order valence-electron chi connectivity index (χ1n) is 7.41. The Hall–Kier alpha value is -2.81. The van der Waals surface area contributed by atoms with Gasteiger partial charge in [0.05, 0.1) is 17.2 Å². The van der Waals surface area contributed by atoms with Crippen molar-refractivity contribution in [2.24, 2.45) is 0 Å². The number of carbonyl (C=O) groups is 2. The monoisotopic (exact) mass is 330 g/mol. The molecule has 2 heterocycles. The van der Waals surface area contributed by atoms with Crippen molar-refractivity contribution in [1.29, 1.82) is 0 Å². The summed E-state index contributed by atoms with van der Waals surface area (Å²) >= 11 is 0. The number of hydrogen-bond donors (Lipinski definition) is 3. The van der Waals surface area contributed by atoms with E-state index in [9.17, 15) is 14.6 Å². The molecule has 3 rings (SSSR count). The van der Waals surface area contributed by atoms with E-state index >= 15 is 0 Å². The van der Waals surface area contributed by atoms with Crippen LogP contribution >= 0.6 is 0 Å². The van der Waals surface area contributed by atoms with E-state index in [-0.39, 0.29) is 30.1 Å². The molecule has 0 fully saturated rings. The minimum atomic E-state index is -1.31. The van der Waals surface area contributed by atoms with Crippen LogP contribution in [0.5, 0.6) is 5.75 Å². The number of carboxylic acid groups (broad SMARTS) is 1. The molecule has 1 aromatic carbocycles. The van der Waals surface area contributed by atoms with Crippen molar-refractivity contribution < 1.29 is 28.8 Å². The number of amides is 1. The lowest BCUT2D eigenvalue weighted by atomic mass is 9.72. The molecule has 1 atom stereocenters. The molecule has 1 aliphatic heterocycles. The predicted molar refractivity (Wildman–Crippen MR) is 82.5 cm³/mol. The second kappa shape index (κ2) is 6.75. The van der Waals surface area contributed by atoms with E-state index in [2.05, 4.69) is 10.3 Å². The number of nitrogens with zero attached hydrogens (tertiary/aromatic N) is 1. The number of nitrogens with one attached hydrogen (secondary N) is 1. The highest BCUT2D eigenvalue weighted by molar-refractivity contribution is 6.47. The molecule has 0 radical (unpaired) electrons. The first-order valence-corrected chi connectivity index (χ1v) is 7.41. The van der Waals surface area contributed by atoms with Gasteiger partial charge in [0, 0.05) is 12.8 Å². The van der Waals surface area contributed by atoms with Crippen LogP contribution in [0.3, 0.4) is 0 Å². The van der Waals surface area contributed by atoms with Gasteiger partial charge in [0.15, 0.2) is 6.39 Å². The molecule has 1 aromatic heterocycles. The quantitative estimate of drug-likeness (QED) is 0.680. The fraction of sp³-hybridized carbons (Fsp3) is 0.267. The van der Waals surface area contributed by atoms with E-state index in [1.165, 1.54) is 18.7 Å². The minimum Gasteiger partial charge on any atom is -0.534 e. The number of aryl methyl sites for hydroxylation is 1. The second-order valence-corrected chi connectivity index (χ2v) is 5.47. The third kappa shape index (κ3) is 3.41. The summed E-state index contributed by atoms with van der Waals surface area (Å²) in [5.74, 6) is -1.89. The molecule has 0 spiro atoms. The van der Waals surface area contributed by atoms with Gasteiger partial charge < -0.3 is 24.5 Å². The van der Waals surface area contributed by atoms with Crippen molar-refractivity contribution in [2.75, 3.05) is 0 Å². The van der Waals surface area contributed by atoms with Crippen molar-refractivity contribution in [3.63, 3.8) is 0 Å². The Labute approximate surface area is 137 Å². The predicted octanol–water partition coefficient (Wildman–Crippen LogP) is 0.445. The largest absolute Gasteiger partial charge is 0.547 e. The van der Waals surface area contributed by atoms with Crippen LogP contribution in [0, 0.1) is 0 Å². The van der Waals surface area contributed by atoms with Gasteiger partial charge >= 0.3 is 13.1 Å². The van der Waals surface area contributed by atoms with Gasteiger partial charge in [-0.3, -0.25) is 4.79 Å². The number of aromatic carboxylic acids is 1. The van der Waals surface area contributed by atoms with Gasteiger partial charge in [-0.25, -0.2) is 9.78 Å². The summed E-state index contributed by atoms with van der Waals surface area (Å²) in [5, 5.41) is 21.9. The van der Waals surface area contributed by atoms with Gasteiger partial charge in [-0.1, -0.05) is 12.1 Å². The van der Waals surface area contributed by atoms with E-state index in [1.807, 2.05) is 0 Å². The van der Waals surface area contributed by atoms with Gasteiger partial charge in [0.1, 0.15) is 12.0 Å². The molecular formula is C15H15BN2O6. The van der Waals surface area contributed by atoms with Crippen LogP contribution in [-0.4, -0.2) is 40.1 Å². The average Bonchev–Trinajstić information content (AvgIpc) is 3.06. The van der Waals surface area contributed by atoms with Gasteiger partial charge in [0.2, 0.25) is 5.91 Å². The first-order chi connectivity index (χ1) is 11.5. The Kier molecular flexibility index (Phi) is 4.52. The molecule has 1 amide bonds. The Balaban J connectivity index is 1.64. The van der Waals surface area contributed by atoms with Crippen LogP contribution in [0.1, 0.15) is 28.0 Å². The Morgan fingerprint density at radius 1 is 1.42 bits per heavy atom. The number of rotatable bonds is 5. The standard InChI is InChI=1S/C15H15BN2O6/c19-13(5-4-10-7-23-8-17-10)18-12-6-9-2-1-3-11(15(20)21)14(9)24-16(12)22/h1-3,7-8,12,22H,4-6H2,(H,18,19)(H,20,21)/t12-/m0/s1. The maximum atomic E-state index is 12.0. The summed E-state index contributed by atoms with van der Waals surface area (Å²) in [6.07, 6.45) is 3.66. The van der Waals surface area contributed by atoms with Crippen molar-refractivity contribution in [3.8, 4) is 5.75 Å². The summed E-state index contributed by atoms with van der Waals surface area (Å²) in [4.78, 5) is 27.1. The third-order valence-electron chi connectivity index (χ3n) is 3.79. The highest BCUT2D eigenvalue weighted by atomic mass is 16.5. The van der Waals surface area contributed by atoms with E-state index in [4.69, 9.17) is 14.2 Å². The lowest BCUT2D eigenvalue weighted by molar-refractivity contribution is -0.121. The van der Waals surface area contributed by atoms with E-state index < -0.39 is 19.0 Å². The number of benzene rings is 1. The Morgan fingerprint density at radius 2 is 2.25 bits per heavy atom. The number of para-hydroxylation sites is 1. The number of fused-ring (bicyclic) bond motifs is 1. The van der Waals surface area contributed by atoms with Crippen LogP contribution < -0.4 is 9.97 Å². The summed E-state index contributed by atoms with van der Waals surface area (Å²) in [6.45, 7) is 0. The molecular weight excluding hydrogens is 315 g/mol. The molecule has 0 saturated heterocycles. The highest BCUT2D eigenvalue weighted by Crippen LogP contribution is 2.30. The number of oxazole rings is 1. The number of aromatic nitrogens is 1. The van der Waals surface area contributed by atoms with Gasteiger partial charge in [-0.2, -0.15) is 0 Å². The molecule has 24 heavy (non-hydrogen) atoms. The lowest BCUT2D eigenvalue weighted by Gasteiger charge is -2.28. The van der Waals surface area contributed by atoms with Crippen molar-refractivity contribution >= 4 is 19.0 Å². The Bertz CT molecular complexity index is 748. The normalized spacial score (nSPS) is 16.2. The smallest absolute Gasteiger partial charge is 0.534 e. The molecule has 3 N–H and O–H groups in total. The number of carboxylic acids is 1. The first kappa shape index (κ1) is 16.1. The van der Waals surface area contributed by atoms with Crippen LogP contribution in [0.2, 0.25) is 0 Å². The summed E-state index contributed by atoms with van der Waals surface area (Å²) < 4.78 is 10.2. The van der Waals surface area contributed by atoms with E-state index in [1.54, 1.807) is 12.1 Å². The minimum absolute atomic E-state index is 0.0117. The molecule has 0 aliphatic carbocycles. The van der Waals surface area contributed by atoms with Crippen molar-refractivity contribution in [1.82, 2.24) is 10.3 Å². The zero-order valence-corrected chi connectivity index (χ0v) is 12.6. The second-order valence-electron chi connectivity index (χ2n) is 5.47. The molecule has 0 bridgehead atoms. The van der Waals surface area contributed by atoms with Gasteiger partial charge in [-0.15, -0.1) is 0 Å². The molecule has 124 valence electrons. The third-order valence-corrected chi connectivity index (χ3v) is 3.79. The zero-order chi connectivity index (χ0) is 17.1. The fourth-order valence-corrected chi connectivity index (χ4v) is 2.60. The lowest BCUT2D eigenvalue weighted by Crippen LogP contribution is -2.53. The Morgan fingerprint density at radius 3 is 2.96 bits per heavy atom. The number of hydrogen-bond acceptors (Lipinski definition) is 6. The van der Waals surface area contributed by atoms with Gasteiger partial charge in [-0.05, 0) is 18.1 Å². The van der Waals surface area contributed by atoms with Crippen LogP contribution in [-0.2, 0) is 17.6 Å². The van der Waals surface area contributed by atoms with Crippen LogP contribution in [0.15, 0.2) is 35.3 Å². The SMILES string of the molecule is O=C(CCc1cocn1)N[C@H]1Cc2cccc(C(=O)O)c2OB1O. The molecule has 2 aromatic rings. The summed E-state index contributed by atoms with van der Waals surface area (Å²) in [5.41, 5.74) is 1.28. The van der Waals surface area contributed by atoms with Gasteiger partial charge in [0.25, 0.3) is 0 Å².